The van der Waals surface area contributed by atoms with Crippen LogP contribution >= 0.6 is 11.6 Å². The Bertz CT molecular complexity index is 929. The van der Waals surface area contributed by atoms with Gasteiger partial charge in [0.1, 0.15) is 17.4 Å². The topological polar surface area (TPSA) is 93.1 Å². The van der Waals surface area contributed by atoms with Crippen molar-refractivity contribution in [1.82, 2.24) is 4.90 Å². The summed E-state index contributed by atoms with van der Waals surface area (Å²) in [7, 11) is 1.26. The van der Waals surface area contributed by atoms with E-state index in [1.54, 1.807) is 0 Å². The minimum atomic E-state index is -0.866. The molecular weight excluding hydrogens is 386 g/mol. The molecule has 2 aromatic carbocycles. The van der Waals surface area contributed by atoms with Gasteiger partial charge < -0.3 is 19.5 Å². The average molecular weight is 404 g/mol. The number of hydrogen-bond acceptors (Lipinski definition) is 6. The number of fused-ring (bicyclic) bond motifs is 1. The van der Waals surface area contributed by atoms with E-state index in [2.05, 4.69) is 0 Å². The highest BCUT2D eigenvalue weighted by molar-refractivity contribution is 6.30. The second kappa shape index (κ2) is 8.31. The summed E-state index contributed by atoms with van der Waals surface area (Å²) in [5.41, 5.74) is 1.77. The summed E-state index contributed by atoms with van der Waals surface area (Å²) in [5.74, 6) is -2.28. The lowest BCUT2D eigenvalue weighted by atomic mass is 9.94. The smallest absolute Gasteiger partial charge is 0.342 e. The third-order valence-corrected chi connectivity index (χ3v) is 4.78. The molecule has 0 radical (unpaired) electrons. The number of rotatable bonds is 4. The van der Waals surface area contributed by atoms with Gasteiger partial charge in [0.05, 0.1) is 7.11 Å². The van der Waals surface area contributed by atoms with Crippen molar-refractivity contribution < 1.29 is 29.0 Å². The van der Waals surface area contributed by atoms with Gasteiger partial charge in [-0.3, -0.25) is 4.79 Å². The van der Waals surface area contributed by atoms with Crippen molar-refractivity contribution in [3.8, 4) is 5.75 Å². The number of hydrogen-bond donors (Lipinski definition) is 1. The predicted molar refractivity (Wildman–Crippen MR) is 99.9 cm³/mol. The third kappa shape index (κ3) is 4.09. The van der Waals surface area contributed by atoms with Gasteiger partial charge in [-0.25, -0.2) is 9.59 Å². The molecule has 2 aromatic rings. The molecule has 1 heterocycles. The van der Waals surface area contributed by atoms with E-state index in [0.29, 0.717) is 6.42 Å². The highest BCUT2D eigenvalue weighted by Crippen LogP contribution is 2.25. The first-order valence-corrected chi connectivity index (χ1v) is 8.88. The van der Waals surface area contributed by atoms with Gasteiger partial charge in [0, 0.05) is 18.0 Å². The fourth-order valence-corrected chi connectivity index (χ4v) is 3.26. The third-order valence-electron chi connectivity index (χ3n) is 4.55. The van der Waals surface area contributed by atoms with Crippen LogP contribution in [0.15, 0.2) is 42.5 Å². The van der Waals surface area contributed by atoms with Gasteiger partial charge in [0.15, 0.2) is 6.61 Å². The minimum Gasteiger partial charge on any atom is -0.507 e. The molecule has 1 aliphatic rings. The quantitative estimate of drug-likeness (QED) is 0.787. The Morgan fingerprint density at radius 3 is 2.57 bits per heavy atom. The van der Waals surface area contributed by atoms with Crippen molar-refractivity contribution >= 4 is 29.4 Å². The van der Waals surface area contributed by atoms with Crippen LogP contribution in [0.5, 0.6) is 5.75 Å². The zero-order chi connectivity index (χ0) is 20.3. The van der Waals surface area contributed by atoms with Gasteiger partial charge in [-0.2, -0.15) is 0 Å². The van der Waals surface area contributed by atoms with Gasteiger partial charge in [0.25, 0.3) is 5.91 Å². The first-order chi connectivity index (χ1) is 13.4. The Balaban J connectivity index is 1.72. The summed E-state index contributed by atoms with van der Waals surface area (Å²) >= 11 is 5.73. The zero-order valence-electron chi connectivity index (χ0n) is 15.1. The van der Waals surface area contributed by atoms with Gasteiger partial charge in [-0.15, -0.1) is 0 Å². The van der Waals surface area contributed by atoms with Crippen molar-refractivity contribution in [2.24, 2.45) is 0 Å². The lowest BCUT2D eigenvalue weighted by Crippen LogP contribution is -2.50. The molecule has 0 aromatic heterocycles. The number of carbonyl (C=O) groups is 3. The van der Waals surface area contributed by atoms with Crippen molar-refractivity contribution in [3.63, 3.8) is 0 Å². The fraction of sp³-hybridized carbons (Fsp3) is 0.250. The molecule has 0 fully saturated rings. The number of nitrogens with zero attached hydrogens (tertiary/aromatic N) is 1. The van der Waals surface area contributed by atoms with Crippen LogP contribution in [0.3, 0.4) is 0 Å². The normalized spacial score (nSPS) is 15.5. The fourth-order valence-electron chi connectivity index (χ4n) is 3.10. The zero-order valence-corrected chi connectivity index (χ0v) is 15.8. The van der Waals surface area contributed by atoms with Crippen LogP contribution in [0.4, 0.5) is 0 Å². The monoisotopic (exact) mass is 403 g/mol. The van der Waals surface area contributed by atoms with Crippen LogP contribution in [0.2, 0.25) is 5.02 Å². The summed E-state index contributed by atoms with van der Waals surface area (Å²) in [6.07, 6.45) is 0.320. The van der Waals surface area contributed by atoms with E-state index < -0.39 is 30.5 Å². The highest BCUT2D eigenvalue weighted by atomic mass is 35.5. The highest BCUT2D eigenvalue weighted by Gasteiger charge is 2.35. The van der Waals surface area contributed by atoms with Crippen molar-refractivity contribution in [2.75, 3.05) is 13.7 Å². The van der Waals surface area contributed by atoms with Gasteiger partial charge in [-0.1, -0.05) is 35.9 Å². The number of benzene rings is 2. The summed E-state index contributed by atoms with van der Waals surface area (Å²) in [6, 6.07) is 10.6. The van der Waals surface area contributed by atoms with E-state index in [-0.39, 0.29) is 22.9 Å². The molecule has 0 unspecified atom stereocenters. The first kappa shape index (κ1) is 19.7. The number of esters is 2. The number of phenolic OH excluding ortho intramolecular Hbond substituents is 1. The Morgan fingerprint density at radius 1 is 1.18 bits per heavy atom. The van der Waals surface area contributed by atoms with Crippen LogP contribution in [-0.4, -0.2) is 47.6 Å². The Hall–Kier alpha value is -3.06. The summed E-state index contributed by atoms with van der Waals surface area (Å²) < 4.78 is 9.85. The van der Waals surface area contributed by atoms with Crippen LogP contribution < -0.4 is 0 Å². The van der Waals surface area contributed by atoms with Gasteiger partial charge in [-0.05, 0) is 29.3 Å². The molecule has 1 aliphatic heterocycles. The van der Waals surface area contributed by atoms with Crippen molar-refractivity contribution in [3.05, 3.63) is 64.2 Å². The van der Waals surface area contributed by atoms with E-state index in [4.69, 9.17) is 21.1 Å². The molecule has 1 atom stereocenters. The minimum absolute atomic E-state index is 0.106. The number of ether oxygens (including phenoxy) is 2. The maximum atomic E-state index is 12.7. The summed E-state index contributed by atoms with van der Waals surface area (Å²) in [6.45, 7) is -0.366. The van der Waals surface area contributed by atoms with E-state index in [0.717, 1.165) is 11.1 Å². The van der Waals surface area contributed by atoms with Crippen molar-refractivity contribution in [2.45, 2.75) is 19.0 Å². The number of halogens is 1. The molecule has 0 bridgehead atoms. The lowest BCUT2D eigenvalue weighted by molar-refractivity contribution is -0.155. The molecule has 146 valence electrons. The molecule has 0 saturated carbocycles. The van der Waals surface area contributed by atoms with Gasteiger partial charge in [0.2, 0.25) is 0 Å². The maximum Gasteiger partial charge on any atom is 0.342 e. The SMILES string of the molecule is COC(=O)[C@H]1Cc2ccccc2CN1C(=O)COC(=O)c1ccc(Cl)cc1O. The van der Waals surface area contributed by atoms with Crippen LogP contribution in [0.1, 0.15) is 21.5 Å². The summed E-state index contributed by atoms with van der Waals surface area (Å²) in [5, 5.41) is 10.1. The number of amides is 1. The standard InChI is InChI=1S/C20H18ClNO6/c1-27-20(26)16-8-12-4-2-3-5-13(12)10-22(16)18(24)11-28-19(25)15-7-6-14(21)9-17(15)23/h2-7,9,16,23H,8,10-11H2,1H3/t16-/m1/s1. The Morgan fingerprint density at radius 2 is 1.89 bits per heavy atom. The molecule has 1 amide bonds. The second-order valence-electron chi connectivity index (χ2n) is 6.27. The molecule has 0 spiro atoms. The van der Waals surface area contributed by atoms with Crippen LogP contribution in [0, 0.1) is 0 Å². The second-order valence-corrected chi connectivity index (χ2v) is 6.71. The molecule has 8 heteroatoms. The average Bonchev–Trinajstić information content (AvgIpc) is 2.70. The molecule has 7 nitrogen and oxygen atoms in total. The predicted octanol–water partition coefficient (Wildman–Crippen LogP) is 2.33. The van der Waals surface area contributed by atoms with Crippen LogP contribution in [0.25, 0.3) is 0 Å². The maximum absolute atomic E-state index is 12.7. The Labute approximate surface area is 166 Å². The first-order valence-electron chi connectivity index (χ1n) is 8.50. The number of methoxy groups -OCH3 is 1. The molecule has 28 heavy (non-hydrogen) atoms. The van der Waals surface area contributed by atoms with E-state index in [9.17, 15) is 19.5 Å². The van der Waals surface area contributed by atoms with E-state index in [1.807, 2.05) is 24.3 Å². The number of aromatic hydroxyl groups is 1. The Kier molecular flexibility index (Phi) is 5.84. The van der Waals surface area contributed by atoms with Crippen LogP contribution in [-0.2, 0) is 32.0 Å². The molecule has 0 saturated heterocycles. The summed E-state index contributed by atoms with van der Waals surface area (Å²) in [4.78, 5) is 38.3. The molecular formula is C20H18ClNO6. The largest absolute Gasteiger partial charge is 0.507 e. The van der Waals surface area contributed by atoms with Crippen molar-refractivity contribution in [1.29, 1.82) is 0 Å². The number of phenols is 1. The van der Waals surface area contributed by atoms with E-state index in [1.165, 1.54) is 30.2 Å². The van der Waals surface area contributed by atoms with Gasteiger partial charge >= 0.3 is 11.9 Å². The molecule has 0 aliphatic carbocycles. The van der Waals surface area contributed by atoms with E-state index >= 15 is 0 Å². The molecule has 1 N–H and O–H groups in total. The molecule has 3 rings (SSSR count). The lowest BCUT2D eigenvalue weighted by Gasteiger charge is -2.35. The number of carbonyl (C=O) groups excluding carboxylic acids is 3.